The Labute approximate surface area is 125 Å². The summed E-state index contributed by atoms with van der Waals surface area (Å²) in [4.78, 5) is 22.4. The fraction of sp³-hybridized carbons (Fsp3) is 0.647. The summed E-state index contributed by atoms with van der Waals surface area (Å²) in [6.45, 7) is 7.38. The zero-order valence-corrected chi connectivity index (χ0v) is 13.2. The number of carboxylic acids is 1. The van der Waals surface area contributed by atoms with Gasteiger partial charge in [-0.05, 0) is 38.5 Å². The van der Waals surface area contributed by atoms with Gasteiger partial charge in [-0.25, -0.2) is 4.79 Å². The van der Waals surface area contributed by atoms with E-state index in [4.69, 9.17) is 9.84 Å². The van der Waals surface area contributed by atoms with Crippen molar-refractivity contribution in [1.29, 1.82) is 0 Å². The Kier molecular flexibility index (Phi) is 4.55. The summed E-state index contributed by atoms with van der Waals surface area (Å²) in [5, 5.41) is 9.09. The first-order valence-electron chi connectivity index (χ1n) is 7.59. The van der Waals surface area contributed by atoms with E-state index in [0.29, 0.717) is 11.5 Å². The Bertz CT molecular complexity index is 515. The van der Waals surface area contributed by atoms with Gasteiger partial charge >= 0.3 is 11.9 Å². The third-order valence-electron chi connectivity index (χ3n) is 4.81. The number of hydrogen-bond donors (Lipinski definition) is 1. The number of ether oxygens (including phenoxy) is 1. The molecule has 21 heavy (non-hydrogen) atoms. The summed E-state index contributed by atoms with van der Waals surface area (Å²) in [6, 6.07) is 0. The van der Waals surface area contributed by atoms with Gasteiger partial charge in [-0.3, -0.25) is 4.79 Å². The molecule has 4 heteroatoms. The standard InChI is InChI=1S/C17H24O4/c1-9-5-6-13(7-11(3)17(19)20)15-10(2)8-14(16(9)15)21-12(4)18/h7,9,13-14,16H,5-6,8H2,1-4H3,(H,19,20)/b11-7+/t9?,13-,14-,16?/m0/s1. The molecule has 0 bridgehead atoms. The fourth-order valence-corrected chi connectivity index (χ4v) is 3.92. The number of fused-ring (bicyclic) bond motifs is 1. The maximum atomic E-state index is 11.3. The minimum absolute atomic E-state index is 0.0752. The number of allylic oxidation sites excluding steroid dienone is 1. The summed E-state index contributed by atoms with van der Waals surface area (Å²) in [7, 11) is 0. The van der Waals surface area contributed by atoms with Crippen molar-refractivity contribution >= 4 is 11.9 Å². The number of aliphatic carboxylic acids is 1. The summed E-state index contributed by atoms with van der Waals surface area (Å²) in [5.74, 6) is -0.219. The van der Waals surface area contributed by atoms with Gasteiger partial charge in [0.2, 0.25) is 0 Å². The van der Waals surface area contributed by atoms with Crippen molar-refractivity contribution in [3.05, 3.63) is 22.8 Å². The summed E-state index contributed by atoms with van der Waals surface area (Å²) >= 11 is 0. The molecule has 1 N–H and O–H groups in total. The molecule has 0 heterocycles. The third kappa shape index (κ3) is 3.20. The topological polar surface area (TPSA) is 63.6 Å². The molecule has 4 nitrogen and oxygen atoms in total. The first-order chi connectivity index (χ1) is 9.81. The van der Waals surface area contributed by atoms with Crippen LogP contribution in [0.3, 0.4) is 0 Å². The van der Waals surface area contributed by atoms with Crippen LogP contribution in [0.15, 0.2) is 22.8 Å². The minimum Gasteiger partial charge on any atom is -0.478 e. The highest BCUT2D eigenvalue weighted by Crippen LogP contribution is 2.49. The van der Waals surface area contributed by atoms with Crippen LogP contribution < -0.4 is 0 Å². The molecule has 2 unspecified atom stereocenters. The lowest BCUT2D eigenvalue weighted by Crippen LogP contribution is -2.33. The molecule has 0 aromatic rings. The third-order valence-corrected chi connectivity index (χ3v) is 4.81. The lowest BCUT2D eigenvalue weighted by atomic mass is 9.70. The first-order valence-corrected chi connectivity index (χ1v) is 7.59. The van der Waals surface area contributed by atoms with E-state index in [2.05, 4.69) is 13.8 Å². The van der Waals surface area contributed by atoms with E-state index in [1.807, 2.05) is 6.08 Å². The molecule has 0 spiro atoms. The fourth-order valence-electron chi connectivity index (χ4n) is 3.92. The predicted molar refractivity (Wildman–Crippen MR) is 79.6 cm³/mol. The highest BCUT2D eigenvalue weighted by Gasteiger charge is 2.43. The van der Waals surface area contributed by atoms with E-state index < -0.39 is 5.97 Å². The number of rotatable bonds is 3. The van der Waals surface area contributed by atoms with Crippen molar-refractivity contribution in [3.63, 3.8) is 0 Å². The number of esters is 1. The van der Waals surface area contributed by atoms with Gasteiger partial charge in [0.15, 0.2) is 0 Å². The van der Waals surface area contributed by atoms with E-state index >= 15 is 0 Å². The van der Waals surface area contributed by atoms with Crippen LogP contribution in [-0.4, -0.2) is 23.1 Å². The maximum Gasteiger partial charge on any atom is 0.330 e. The van der Waals surface area contributed by atoms with Crippen molar-refractivity contribution < 1.29 is 19.4 Å². The smallest absolute Gasteiger partial charge is 0.330 e. The molecule has 0 aromatic carbocycles. The highest BCUT2D eigenvalue weighted by molar-refractivity contribution is 5.85. The van der Waals surface area contributed by atoms with E-state index in [1.165, 1.54) is 18.1 Å². The number of carbonyl (C=O) groups excluding carboxylic acids is 1. The van der Waals surface area contributed by atoms with Gasteiger partial charge in [-0.15, -0.1) is 0 Å². The highest BCUT2D eigenvalue weighted by atomic mass is 16.5. The quantitative estimate of drug-likeness (QED) is 0.492. The van der Waals surface area contributed by atoms with Crippen LogP contribution in [0.4, 0.5) is 0 Å². The van der Waals surface area contributed by atoms with Crippen molar-refractivity contribution in [2.24, 2.45) is 17.8 Å². The van der Waals surface area contributed by atoms with Crippen molar-refractivity contribution in [2.45, 2.75) is 53.1 Å². The molecular formula is C17H24O4. The van der Waals surface area contributed by atoms with Crippen LogP contribution >= 0.6 is 0 Å². The molecule has 0 radical (unpaired) electrons. The molecule has 0 aliphatic heterocycles. The molecule has 1 fully saturated rings. The average molecular weight is 292 g/mol. The van der Waals surface area contributed by atoms with Crippen LogP contribution in [-0.2, 0) is 14.3 Å². The normalized spacial score (nSPS) is 32.9. The van der Waals surface area contributed by atoms with Gasteiger partial charge in [0.05, 0.1) is 0 Å². The lowest BCUT2D eigenvalue weighted by Gasteiger charge is -2.36. The van der Waals surface area contributed by atoms with Gasteiger partial charge in [0.1, 0.15) is 6.10 Å². The van der Waals surface area contributed by atoms with Gasteiger partial charge in [0.25, 0.3) is 0 Å². The van der Waals surface area contributed by atoms with Crippen LogP contribution in [0.25, 0.3) is 0 Å². The van der Waals surface area contributed by atoms with Crippen molar-refractivity contribution in [1.82, 2.24) is 0 Å². The number of carboxylic acid groups (broad SMARTS) is 1. The average Bonchev–Trinajstić information content (AvgIpc) is 2.69. The second-order valence-corrected chi connectivity index (χ2v) is 6.43. The Morgan fingerprint density at radius 2 is 1.95 bits per heavy atom. The molecule has 4 atom stereocenters. The lowest BCUT2D eigenvalue weighted by molar-refractivity contribution is -0.148. The Morgan fingerprint density at radius 3 is 2.52 bits per heavy atom. The molecule has 116 valence electrons. The number of carbonyl (C=O) groups is 2. The Hall–Kier alpha value is -1.58. The molecule has 0 amide bonds. The second kappa shape index (κ2) is 6.04. The Balaban J connectivity index is 2.29. The molecule has 2 aliphatic carbocycles. The summed E-state index contributed by atoms with van der Waals surface area (Å²) < 4.78 is 5.50. The minimum atomic E-state index is -0.863. The molecule has 0 saturated heterocycles. The van der Waals surface area contributed by atoms with Crippen LogP contribution in [0.1, 0.15) is 47.0 Å². The summed E-state index contributed by atoms with van der Waals surface area (Å²) in [6.07, 6.45) is 4.58. The molecular weight excluding hydrogens is 268 g/mol. The van der Waals surface area contributed by atoms with E-state index in [9.17, 15) is 9.59 Å². The van der Waals surface area contributed by atoms with Crippen molar-refractivity contribution in [3.8, 4) is 0 Å². The predicted octanol–water partition coefficient (Wildman–Crippen LogP) is 3.33. The van der Waals surface area contributed by atoms with Crippen molar-refractivity contribution in [2.75, 3.05) is 0 Å². The van der Waals surface area contributed by atoms with E-state index in [0.717, 1.165) is 19.3 Å². The zero-order chi connectivity index (χ0) is 15.7. The van der Waals surface area contributed by atoms with E-state index in [-0.39, 0.29) is 23.9 Å². The summed E-state index contributed by atoms with van der Waals surface area (Å²) in [5.41, 5.74) is 2.96. The number of hydrogen-bond acceptors (Lipinski definition) is 3. The molecule has 2 rings (SSSR count). The monoisotopic (exact) mass is 292 g/mol. The van der Waals surface area contributed by atoms with Gasteiger partial charge in [-0.2, -0.15) is 0 Å². The molecule has 2 aliphatic rings. The van der Waals surface area contributed by atoms with Crippen LogP contribution in [0, 0.1) is 17.8 Å². The van der Waals surface area contributed by atoms with Crippen LogP contribution in [0.2, 0.25) is 0 Å². The zero-order valence-electron chi connectivity index (χ0n) is 13.2. The second-order valence-electron chi connectivity index (χ2n) is 6.43. The largest absolute Gasteiger partial charge is 0.478 e. The van der Waals surface area contributed by atoms with Crippen LogP contribution in [0.5, 0.6) is 0 Å². The molecule has 0 aromatic heterocycles. The SMILES string of the molecule is CC(=O)O[C@H]1CC(C)=C2C1C(C)CC[C@H]2/C=C(\C)C(=O)O. The van der Waals surface area contributed by atoms with Gasteiger partial charge < -0.3 is 9.84 Å². The first kappa shape index (κ1) is 15.8. The van der Waals surface area contributed by atoms with Gasteiger partial charge in [0, 0.05) is 24.8 Å². The van der Waals surface area contributed by atoms with Gasteiger partial charge in [-0.1, -0.05) is 24.1 Å². The Morgan fingerprint density at radius 1 is 1.29 bits per heavy atom. The molecule has 1 saturated carbocycles. The maximum absolute atomic E-state index is 11.3. The van der Waals surface area contributed by atoms with E-state index in [1.54, 1.807) is 6.92 Å².